The van der Waals surface area contributed by atoms with E-state index in [4.69, 9.17) is 9.47 Å². The number of hydrogen-bond donors (Lipinski definition) is 0. The number of fused-ring (bicyclic) bond motifs is 3. The number of rotatable bonds is 4. The van der Waals surface area contributed by atoms with Crippen LogP contribution in [-0.4, -0.2) is 17.4 Å². The summed E-state index contributed by atoms with van der Waals surface area (Å²) in [5.74, 6) is 2.17. The minimum atomic E-state index is -0.0797. The fourth-order valence-corrected chi connectivity index (χ4v) is 4.29. The van der Waals surface area contributed by atoms with E-state index in [0.717, 1.165) is 16.9 Å². The first-order chi connectivity index (χ1) is 15.5. The van der Waals surface area contributed by atoms with Crippen LogP contribution < -0.4 is 9.47 Å². The molecule has 2 heterocycles. The lowest BCUT2D eigenvalue weighted by Gasteiger charge is -2.34. The van der Waals surface area contributed by atoms with Crippen LogP contribution in [0.15, 0.2) is 72.5 Å². The molecule has 32 heavy (non-hydrogen) atoms. The molecular weight excluding hydrogens is 398 g/mol. The van der Waals surface area contributed by atoms with Gasteiger partial charge in [0, 0.05) is 12.6 Å². The summed E-state index contributed by atoms with van der Waals surface area (Å²) in [5.41, 5.74) is 4.99. The number of ether oxygens (including phenoxy) is 2. The molecule has 162 valence electrons. The van der Waals surface area contributed by atoms with Crippen molar-refractivity contribution in [1.29, 1.82) is 0 Å². The normalized spacial score (nSPS) is 17.6. The molecule has 0 saturated heterocycles. The standard InChI is InChI=1S/C28H27NO3/c1-18(2)21-11-9-20(10-12-21)15-26-27(30)23-13-14-25-24(28(23)32-26)16-29(17-31-25)19(3)22-7-5-4-6-8-22/h4-15,18-19H,16-17H2,1-3H3/b26-15-. The van der Waals surface area contributed by atoms with Gasteiger partial charge in [-0.2, -0.15) is 0 Å². The molecule has 2 aliphatic heterocycles. The van der Waals surface area contributed by atoms with Gasteiger partial charge in [-0.25, -0.2) is 0 Å². The maximum Gasteiger partial charge on any atom is 0.231 e. The number of allylic oxidation sites excluding steroid dienone is 1. The summed E-state index contributed by atoms with van der Waals surface area (Å²) in [6.07, 6.45) is 1.83. The molecule has 3 aromatic rings. The van der Waals surface area contributed by atoms with E-state index < -0.39 is 0 Å². The number of hydrogen-bond acceptors (Lipinski definition) is 4. The Labute approximate surface area is 189 Å². The highest BCUT2D eigenvalue weighted by Gasteiger charge is 2.34. The van der Waals surface area contributed by atoms with Crippen molar-refractivity contribution >= 4 is 11.9 Å². The van der Waals surface area contributed by atoms with Gasteiger partial charge in [0.05, 0.1) is 11.1 Å². The molecule has 5 rings (SSSR count). The zero-order valence-electron chi connectivity index (χ0n) is 18.7. The van der Waals surface area contributed by atoms with Gasteiger partial charge in [-0.15, -0.1) is 0 Å². The Morgan fingerprint density at radius 1 is 0.906 bits per heavy atom. The molecule has 0 N–H and O–H groups in total. The highest BCUT2D eigenvalue weighted by molar-refractivity contribution is 6.15. The lowest BCUT2D eigenvalue weighted by Crippen LogP contribution is -2.34. The zero-order valence-corrected chi connectivity index (χ0v) is 18.7. The van der Waals surface area contributed by atoms with Crippen LogP contribution >= 0.6 is 0 Å². The van der Waals surface area contributed by atoms with Gasteiger partial charge in [0.1, 0.15) is 18.2 Å². The van der Waals surface area contributed by atoms with E-state index in [1.54, 1.807) is 0 Å². The number of benzene rings is 3. The molecule has 0 fully saturated rings. The van der Waals surface area contributed by atoms with Crippen molar-refractivity contribution in [3.8, 4) is 11.5 Å². The average Bonchev–Trinajstić information content (AvgIpc) is 3.14. The van der Waals surface area contributed by atoms with Gasteiger partial charge in [0.15, 0.2) is 5.76 Å². The molecular formula is C28H27NO3. The van der Waals surface area contributed by atoms with Gasteiger partial charge in [0.25, 0.3) is 0 Å². The number of nitrogens with zero attached hydrogens (tertiary/aromatic N) is 1. The number of ketones is 1. The summed E-state index contributed by atoms with van der Waals surface area (Å²) in [6.45, 7) is 7.67. The molecule has 2 aliphatic rings. The van der Waals surface area contributed by atoms with Gasteiger partial charge in [0.2, 0.25) is 5.78 Å². The van der Waals surface area contributed by atoms with Crippen LogP contribution in [0.1, 0.15) is 65.3 Å². The monoisotopic (exact) mass is 425 g/mol. The predicted octanol–water partition coefficient (Wildman–Crippen LogP) is 6.34. The minimum Gasteiger partial charge on any atom is -0.478 e. The summed E-state index contributed by atoms with van der Waals surface area (Å²) in [6, 6.07) is 22.5. The van der Waals surface area contributed by atoms with Crippen molar-refractivity contribution in [3.05, 3.63) is 100 Å². The van der Waals surface area contributed by atoms with Crippen LogP contribution in [0.5, 0.6) is 11.5 Å². The largest absolute Gasteiger partial charge is 0.478 e. The summed E-state index contributed by atoms with van der Waals surface area (Å²) in [7, 11) is 0. The Balaban J connectivity index is 1.42. The van der Waals surface area contributed by atoms with Crippen LogP contribution in [0.3, 0.4) is 0 Å². The number of carbonyl (C=O) groups excluding carboxylic acids is 1. The lowest BCUT2D eigenvalue weighted by atomic mass is 10.0. The van der Waals surface area contributed by atoms with Crippen LogP contribution in [0.4, 0.5) is 0 Å². The third-order valence-electron chi connectivity index (χ3n) is 6.38. The van der Waals surface area contributed by atoms with E-state index in [1.807, 2.05) is 36.4 Å². The molecule has 0 aromatic heterocycles. The van der Waals surface area contributed by atoms with Crippen LogP contribution in [0, 0.1) is 0 Å². The Morgan fingerprint density at radius 2 is 1.66 bits per heavy atom. The first-order valence-electron chi connectivity index (χ1n) is 11.1. The van der Waals surface area contributed by atoms with E-state index in [1.165, 1.54) is 11.1 Å². The van der Waals surface area contributed by atoms with Gasteiger partial charge >= 0.3 is 0 Å². The molecule has 0 aliphatic carbocycles. The topological polar surface area (TPSA) is 38.8 Å². The van der Waals surface area contributed by atoms with E-state index in [9.17, 15) is 4.79 Å². The fraction of sp³-hybridized carbons (Fsp3) is 0.250. The molecule has 1 atom stereocenters. The summed E-state index contributed by atoms with van der Waals surface area (Å²) in [4.78, 5) is 15.3. The summed E-state index contributed by atoms with van der Waals surface area (Å²) < 4.78 is 12.2. The second-order valence-corrected chi connectivity index (χ2v) is 8.79. The molecule has 1 unspecified atom stereocenters. The summed E-state index contributed by atoms with van der Waals surface area (Å²) >= 11 is 0. The van der Waals surface area contributed by atoms with Crippen LogP contribution in [0.2, 0.25) is 0 Å². The van der Waals surface area contributed by atoms with Crippen molar-refractivity contribution in [2.24, 2.45) is 0 Å². The van der Waals surface area contributed by atoms with Crippen molar-refractivity contribution in [3.63, 3.8) is 0 Å². The highest BCUT2D eigenvalue weighted by atomic mass is 16.5. The Morgan fingerprint density at radius 3 is 2.38 bits per heavy atom. The molecule has 4 nitrogen and oxygen atoms in total. The first-order valence-corrected chi connectivity index (χ1v) is 11.1. The number of carbonyl (C=O) groups is 1. The minimum absolute atomic E-state index is 0.0797. The van der Waals surface area contributed by atoms with Crippen LogP contribution in [0.25, 0.3) is 6.08 Å². The SMILES string of the molecule is CC(C)c1ccc(/C=C2\Oc3c(ccc4c3CN(C(C)c3ccccc3)CO4)C2=O)cc1. The third kappa shape index (κ3) is 3.71. The van der Waals surface area contributed by atoms with Crippen molar-refractivity contribution in [2.75, 3.05) is 6.73 Å². The maximum atomic E-state index is 13.1. The van der Waals surface area contributed by atoms with Crippen LogP contribution in [-0.2, 0) is 6.54 Å². The lowest BCUT2D eigenvalue weighted by molar-refractivity contribution is 0.0606. The second kappa shape index (κ2) is 8.29. The Kier molecular flexibility index (Phi) is 5.32. The Hall–Kier alpha value is -3.37. The molecule has 0 bridgehead atoms. The average molecular weight is 426 g/mol. The Bertz CT molecular complexity index is 1180. The first kappa shape index (κ1) is 20.5. The van der Waals surface area contributed by atoms with E-state index in [0.29, 0.717) is 36.3 Å². The molecule has 0 amide bonds. The molecule has 0 spiro atoms. The fourth-order valence-electron chi connectivity index (χ4n) is 4.29. The second-order valence-electron chi connectivity index (χ2n) is 8.79. The maximum absolute atomic E-state index is 13.1. The van der Waals surface area contributed by atoms with Crippen molar-refractivity contribution in [2.45, 2.75) is 39.3 Å². The quantitative estimate of drug-likeness (QED) is 0.457. The van der Waals surface area contributed by atoms with Crippen molar-refractivity contribution < 1.29 is 14.3 Å². The number of Topliss-reactive ketones (excluding diaryl/α,β-unsaturated/α-hetero) is 1. The van der Waals surface area contributed by atoms with Gasteiger partial charge in [-0.1, -0.05) is 68.4 Å². The van der Waals surface area contributed by atoms with Gasteiger partial charge in [-0.3, -0.25) is 9.69 Å². The predicted molar refractivity (Wildman–Crippen MR) is 126 cm³/mol. The third-order valence-corrected chi connectivity index (χ3v) is 6.38. The zero-order chi connectivity index (χ0) is 22.2. The van der Waals surface area contributed by atoms with Gasteiger partial charge in [-0.05, 0) is 47.7 Å². The van der Waals surface area contributed by atoms with E-state index in [-0.39, 0.29) is 11.8 Å². The van der Waals surface area contributed by atoms with E-state index >= 15 is 0 Å². The molecule has 4 heteroatoms. The van der Waals surface area contributed by atoms with E-state index in [2.05, 4.69) is 62.1 Å². The van der Waals surface area contributed by atoms with Gasteiger partial charge < -0.3 is 9.47 Å². The summed E-state index contributed by atoms with van der Waals surface area (Å²) in [5, 5.41) is 0. The highest BCUT2D eigenvalue weighted by Crippen LogP contribution is 2.43. The molecule has 0 radical (unpaired) electrons. The molecule has 0 saturated carbocycles. The van der Waals surface area contributed by atoms with Crippen molar-refractivity contribution in [1.82, 2.24) is 4.90 Å². The smallest absolute Gasteiger partial charge is 0.231 e. The molecule has 3 aromatic carbocycles.